The molecule has 0 spiro atoms. The van der Waals surface area contributed by atoms with Gasteiger partial charge in [-0.3, -0.25) is 0 Å². The van der Waals surface area contributed by atoms with Crippen LogP contribution in [0.1, 0.15) is 18.4 Å². The fourth-order valence-electron chi connectivity index (χ4n) is 5.14. The van der Waals surface area contributed by atoms with Crippen LogP contribution in [0.3, 0.4) is 0 Å². The van der Waals surface area contributed by atoms with Crippen molar-refractivity contribution in [1.29, 1.82) is 0 Å². The van der Waals surface area contributed by atoms with E-state index in [1.165, 1.54) is 20.2 Å². The van der Waals surface area contributed by atoms with Crippen molar-refractivity contribution >= 4 is 96.0 Å². The minimum Gasteiger partial charge on any atom is -0.478 e. The molecule has 0 saturated heterocycles. The maximum Gasteiger partial charge on any atom is 0.345 e. The van der Waals surface area contributed by atoms with E-state index in [-0.39, 0.29) is 5.92 Å². The Morgan fingerprint density at radius 3 is 2.08 bits per heavy atom. The maximum absolute atomic E-state index is 12.3. The number of hydrogen-bond donors (Lipinski definition) is 1. The van der Waals surface area contributed by atoms with E-state index in [2.05, 4.69) is 96.3 Å². The van der Waals surface area contributed by atoms with Gasteiger partial charge in [0.2, 0.25) is 6.10 Å². The summed E-state index contributed by atoms with van der Waals surface area (Å²) < 4.78 is 11.1. The lowest BCUT2D eigenvalue weighted by Gasteiger charge is -2.24. The lowest BCUT2D eigenvalue weighted by Crippen LogP contribution is -2.32. The van der Waals surface area contributed by atoms with Gasteiger partial charge in [0.05, 0.1) is 13.6 Å². The van der Waals surface area contributed by atoms with Gasteiger partial charge in [-0.05, 0) is 93.5 Å². The van der Waals surface area contributed by atoms with E-state index in [1.807, 2.05) is 49.4 Å². The van der Waals surface area contributed by atoms with Crippen LogP contribution in [-0.4, -0.2) is 17.2 Å². The third kappa shape index (κ3) is 4.69. The van der Waals surface area contributed by atoms with Crippen LogP contribution in [-0.2, 0) is 4.79 Å². The average molecular weight is 725 g/mol. The SMILES string of the molecule is CC(c1ccccc1)C(Oc1c(Br)cc(-c2c3ccccc3c(Br)c3sc4ccccc4c23)cc1Br)C(=O)O. The number of ether oxygens (including phenoxy) is 1. The summed E-state index contributed by atoms with van der Waals surface area (Å²) in [5, 5.41) is 14.7. The predicted molar refractivity (Wildman–Crippen MR) is 172 cm³/mol. The van der Waals surface area contributed by atoms with Gasteiger partial charge in [-0.2, -0.15) is 0 Å². The Labute approximate surface area is 254 Å². The fourth-order valence-corrected chi connectivity index (χ4v) is 8.46. The second-order valence-corrected chi connectivity index (χ2v) is 12.9. The van der Waals surface area contributed by atoms with E-state index < -0.39 is 12.1 Å². The Bertz CT molecular complexity index is 1860. The number of rotatable bonds is 6. The summed E-state index contributed by atoms with van der Waals surface area (Å²) in [6, 6.07) is 30.5. The zero-order valence-corrected chi connectivity index (χ0v) is 26.2. The van der Waals surface area contributed by atoms with Gasteiger partial charge in [0.25, 0.3) is 0 Å². The molecule has 0 saturated carbocycles. The number of aliphatic carboxylic acids is 1. The van der Waals surface area contributed by atoms with Crippen molar-refractivity contribution in [2.75, 3.05) is 0 Å². The molecule has 6 rings (SSSR count). The molecule has 0 aliphatic heterocycles. The van der Waals surface area contributed by atoms with Crippen molar-refractivity contribution in [2.45, 2.75) is 18.9 Å². The van der Waals surface area contributed by atoms with Crippen molar-refractivity contribution < 1.29 is 14.6 Å². The van der Waals surface area contributed by atoms with Crippen LogP contribution in [0.5, 0.6) is 5.75 Å². The third-order valence-electron chi connectivity index (χ3n) is 7.03. The molecular formula is C32H21Br3O3S. The molecule has 0 radical (unpaired) electrons. The van der Waals surface area contributed by atoms with Gasteiger partial charge in [-0.1, -0.05) is 79.7 Å². The largest absolute Gasteiger partial charge is 0.478 e. The van der Waals surface area contributed by atoms with Gasteiger partial charge in [0.15, 0.2) is 0 Å². The van der Waals surface area contributed by atoms with Crippen molar-refractivity contribution in [2.24, 2.45) is 0 Å². The number of carbonyl (C=O) groups is 1. The quantitative estimate of drug-likeness (QED) is 0.186. The first-order chi connectivity index (χ1) is 18.8. The highest BCUT2D eigenvalue weighted by Gasteiger charge is 2.30. The van der Waals surface area contributed by atoms with Crippen LogP contribution in [0.2, 0.25) is 0 Å². The van der Waals surface area contributed by atoms with E-state index in [0.717, 1.165) is 31.9 Å². The van der Waals surface area contributed by atoms with Gasteiger partial charge in [0.1, 0.15) is 5.75 Å². The first-order valence-corrected chi connectivity index (χ1v) is 15.5. The number of hydrogen-bond acceptors (Lipinski definition) is 3. The zero-order chi connectivity index (χ0) is 27.3. The van der Waals surface area contributed by atoms with Gasteiger partial charge >= 0.3 is 5.97 Å². The minimum atomic E-state index is -1.06. The van der Waals surface area contributed by atoms with Gasteiger partial charge in [-0.25, -0.2) is 4.79 Å². The standard InChI is InChI=1S/C32H21Br3O3S/c1-17(18-9-3-2-4-10-18)29(32(36)37)38-30-23(33)15-19(16-24(30)34)26-20-11-5-6-12-21(20)28(35)31-27(26)22-13-7-8-14-25(22)39-31/h2-17,29H,1H3,(H,36,37). The normalized spacial score (nSPS) is 13.1. The first kappa shape index (κ1) is 26.5. The van der Waals surface area contributed by atoms with E-state index in [1.54, 1.807) is 11.3 Å². The monoisotopic (exact) mass is 722 g/mol. The Morgan fingerprint density at radius 1 is 0.821 bits per heavy atom. The first-order valence-electron chi connectivity index (χ1n) is 12.3. The number of thiophene rings is 1. The van der Waals surface area contributed by atoms with E-state index in [0.29, 0.717) is 14.7 Å². The van der Waals surface area contributed by atoms with Crippen molar-refractivity contribution in [3.8, 4) is 16.9 Å². The highest BCUT2D eigenvalue weighted by Crippen LogP contribution is 2.50. The fraction of sp³-hybridized carbons (Fsp3) is 0.0938. The molecule has 3 nitrogen and oxygen atoms in total. The highest BCUT2D eigenvalue weighted by atomic mass is 79.9. The number of benzene rings is 5. The molecule has 2 atom stereocenters. The number of carboxylic acid groups (broad SMARTS) is 1. The maximum atomic E-state index is 12.3. The van der Waals surface area contributed by atoms with Crippen LogP contribution in [0.25, 0.3) is 42.1 Å². The lowest BCUT2D eigenvalue weighted by atomic mass is 9.93. The van der Waals surface area contributed by atoms with E-state index in [4.69, 9.17) is 4.74 Å². The van der Waals surface area contributed by atoms with E-state index >= 15 is 0 Å². The van der Waals surface area contributed by atoms with Crippen LogP contribution in [0.4, 0.5) is 0 Å². The van der Waals surface area contributed by atoms with Crippen LogP contribution in [0, 0.1) is 0 Å². The summed E-state index contributed by atoms with van der Waals surface area (Å²) in [5.74, 6) is -0.907. The van der Waals surface area contributed by atoms with Crippen molar-refractivity contribution in [3.63, 3.8) is 0 Å². The minimum absolute atomic E-state index is 0.352. The molecule has 0 aliphatic rings. The molecule has 7 heteroatoms. The Hall–Kier alpha value is -2.71. The molecule has 1 heterocycles. The predicted octanol–water partition coefficient (Wildman–Crippen LogP) is 10.8. The molecule has 2 unspecified atom stereocenters. The molecule has 0 bridgehead atoms. The summed E-state index contributed by atoms with van der Waals surface area (Å²) in [5.41, 5.74) is 3.03. The summed E-state index contributed by atoms with van der Waals surface area (Å²) in [4.78, 5) is 12.3. The highest BCUT2D eigenvalue weighted by molar-refractivity contribution is 9.11. The topological polar surface area (TPSA) is 46.5 Å². The third-order valence-corrected chi connectivity index (χ3v) is 10.5. The summed E-state index contributed by atoms with van der Waals surface area (Å²) in [7, 11) is 0. The second-order valence-electron chi connectivity index (χ2n) is 9.38. The molecule has 194 valence electrons. The Balaban J connectivity index is 1.53. The molecule has 5 aromatic carbocycles. The summed E-state index contributed by atoms with van der Waals surface area (Å²) >= 11 is 13.1. The Morgan fingerprint density at radius 2 is 1.41 bits per heavy atom. The molecule has 6 aromatic rings. The molecule has 1 aromatic heterocycles. The molecule has 0 aliphatic carbocycles. The smallest absolute Gasteiger partial charge is 0.345 e. The lowest BCUT2D eigenvalue weighted by molar-refractivity contribution is -0.146. The number of fused-ring (bicyclic) bond motifs is 4. The van der Waals surface area contributed by atoms with E-state index in [9.17, 15) is 9.90 Å². The zero-order valence-electron chi connectivity index (χ0n) is 20.6. The molecule has 1 N–H and O–H groups in total. The van der Waals surface area contributed by atoms with Crippen LogP contribution < -0.4 is 4.74 Å². The molecular weight excluding hydrogens is 704 g/mol. The number of carboxylic acids is 1. The van der Waals surface area contributed by atoms with Crippen LogP contribution in [0.15, 0.2) is 104 Å². The van der Waals surface area contributed by atoms with Gasteiger partial charge in [-0.15, -0.1) is 11.3 Å². The average Bonchev–Trinajstić information content (AvgIpc) is 3.33. The van der Waals surface area contributed by atoms with Crippen LogP contribution >= 0.6 is 59.1 Å². The number of halogens is 3. The molecule has 0 amide bonds. The van der Waals surface area contributed by atoms with Crippen molar-refractivity contribution in [1.82, 2.24) is 0 Å². The summed E-state index contributed by atoms with van der Waals surface area (Å²) in [6.45, 7) is 1.87. The van der Waals surface area contributed by atoms with Gasteiger partial charge < -0.3 is 9.84 Å². The second kappa shape index (κ2) is 10.7. The molecule has 0 fully saturated rings. The Kier molecular flexibility index (Phi) is 7.27. The van der Waals surface area contributed by atoms with Crippen molar-refractivity contribution in [3.05, 3.63) is 110 Å². The summed E-state index contributed by atoms with van der Waals surface area (Å²) in [6.07, 6.45) is -1.06. The molecule has 39 heavy (non-hydrogen) atoms. The van der Waals surface area contributed by atoms with Gasteiger partial charge in [0, 0.05) is 25.9 Å².